The van der Waals surface area contributed by atoms with Crippen molar-refractivity contribution in [2.75, 3.05) is 11.4 Å². The first kappa shape index (κ1) is 18.1. The molecule has 7 nitrogen and oxygen atoms in total. The fraction of sp³-hybridized carbons (Fsp3) is 0.389. The molecule has 4 rings (SSSR count). The van der Waals surface area contributed by atoms with Crippen molar-refractivity contribution in [2.45, 2.75) is 25.9 Å². The molecule has 1 aromatic carbocycles. The minimum absolute atomic E-state index is 0.321. The Bertz CT molecular complexity index is 1160. The van der Waals surface area contributed by atoms with Crippen LogP contribution in [0.2, 0.25) is 10.0 Å². The van der Waals surface area contributed by atoms with Gasteiger partial charge in [0.25, 0.3) is 5.56 Å². The zero-order valence-electron chi connectivity index (χ0n) is 15.1. The zero-order chi connectivity index (χ0) is 19.3. The topological polar surface area (TPSA) is 65.1 Å². The average Bonchev–Trinajstić information content (AvgIpc) is 2.91. The lowest BCUT2D eigenvalue weighted by molar-refractivity contribution is 0.654. The van der Waals surface area contributed by atoms with Crippen molar-refractivity contribution in [2.24, 2.45) is 14.1 Å². The lowest BCUT2D eigenvalue weighted by Gasteiger charge is -2.22. The number of benzene rings is 1. The van der Waals surface area contributed by atoms with Gasteiger partial charge in [-0.05, 0) is 30.5 Å². The number of rotatable bonds is 2. The first-order chi connectivity index (χ1) is 12.9. The molecule has 0 spiro atoms. The van der Waals surface area contributed by atoms with Crippen molar-refractivity contribution in [3.63, 3.8) is 0 Å². The van der Waals surface area contributed by atoms with E-state index in [4.69, 9.17) is 23.2 Å². The van der Waals surface area contributed by atoms with Crippen molar-refractivity contribution >= 4 is 40.3 Å². The van der Waals surface area contributed by atoms with Crippen molar-refractivity contribution in [1.82, 2.24) is 18.7 Å². The van der Waals surface area contributed by atoms with E-state index in [1.807, 2.05) is 16.7 Å². The molecule has 0 saturated carbocycles. The summed E-state index contributed by atoms with van der Waals surface area (Å²) in [6, 6.07) is 5.43. The molecular weight excluding hydrogens is 389 g/mol. The number of halogens is 2. The van der Waals surface area contributed by atoms with Gasteiger partial charge in [0.05, 0.1) is 0 Å². The second-order valence-electron chi connectivity index (χ2n) is 6.81. The fourth-order valence-electron chi connectivity index (χ4n) is 3.57. The number of nitrogens with zero attached hydrogens (tertiary/aromatic N) is 5. The molecule has 0 saturated heterocycles. The second kappa shape index (κ2) is 6.73. The van der Waals surface area contributed by atoms with E-state index in [9.17, 15) is 9.59 Å². The Morgan fingerprint density at radius 3 is 2.56 bits per heavy atom. The predicted octanol–water partition coefficient (Wildman–Crippen LogP) is 2.54. The molecule has 0 bridgehead atoms. The normalized spacial score (nSPS) is 14.4. The molecule has 9 heteroatoms. The predicted molar refractivity (Wildman–Crippen MR) is 107 cm³/mol. The number of hydrogen-bond acceptors (Lipinski definition) is 4. The Labute approximate surface area is 165 Å². The van der Waals surface area contributed by atoms with Crippen LogP contribution in [-0.4, -0.2) is 25.2 Å². The summed E-state index contributed by atoms with van der Waals surface area (Å²) < 4.78 is 4.47. The van der Waals surface area contributed by atoms with E-state index in [-0.39, 0.29) is 11.2 Å². The highest BCUT2D eigenvalue weighted by Crippen LogP contribution is 2.28. The van der Waals surface area contributed by atoms with Gasteiger partial charge in [0.15, 0.2) is 11.2 Å². The first-order valence-corrected chi connectivity index (χ1v) is 9.49. The molecule has 3 heterocycles. The summed E-state index contributed by atoms with van der Waals surface area (Å²) in [5, 5.41) is 1.18. The van der Waals surface area contributed by atoms with Gasteiger partial charge in [0, 0.05) is 43.8 Å². The summed E-state index contributed by atoms with van der Waals surface area (Å²) >= 11 is 12.4. The Morgan fingerprint density at radius 2 is 1.81 bits per heavy atom. The van der Waals surface area contributed by atoms with E-state index in [2.05, 4.69) is 9.88 Å². The summed E-state index contributed by atoms with van der Waals surface area (Å²) in [4.78, 5) is 31.8. The third kappa shape index (κ3) is 2.95. The van der Waals surface area contributed by atoms with Gasteiger partial charge in [0.2, 0.25) is 5.95 Å². The van der Waals surface area contributed by atoms with Gasteiger partial charge < -0.3 is 9.47 Å². The van der Waals surface area contributed by atoms with Gasteiger partial charge in [0.1, 0.15) is 0 Å². The van der Waals surface area contributed by atoms with Crippen molar-refractivity contribution in [3.8, 4) is 0 Å². The summed E-state index contributed by atoms with van der Waals surface area (Å²) in [7, 11) is 3.13. The van der Waals surface area contributed by atoms with E-state index in [1.54, 1.807) is 13.1 Å². The molecule has 27 heavy (non-hydrogen) atoms. The van der Waals surface area contributed by atoms with Crippen LogP contribution in [0.4, 0.5) is 5.95 Å². The van der Waals surface area contributed by atoms with Crippen LogP contribution in [0.3, 0.4) is 0 Å². The maximum atomic E-state index is 12.7. The number of anilines is 1. The summed E-state index contributed by atoms with van der Waals surface area (Å²) in [6.45, 7) is 2.02. The molecule has 2 aromatic heterocycles. The quantitative estimate of drug-likeness (QED) is 0.654. The second-order valence-corrected chi connectivity index (χ2v) is 7.65. The SMILES string of the molecule is Cn1c(=O)c2c(nc3n2CCCCN3Cc2ccc(Cl)cc2Cl)n(C)c1=O. The smallest absolute Gasteiger partial charge is 0.332 e. The maximum Gasteiger partial charge on any atom is 0.332 e. The van der Waals surface area contributed by atoms with Gasteiger partial charge in [-0.3, -0.25) is 13.9 Å². The van der Waals surface area contributed by atoms with Gasteiger partial charge in [-0.2, -0.15) is 4.98 Å². The van der Waals surface area contributed by atoms with Gasteiger partial charge in [-0.1, -0.05) is 29.3 Å². The Balaban J connectivity index is 1.89. The van der Waals surface area contributed by atoms with Crippen LogP contribution in [0.15, 0.2) is 27.8 Å². The van der Waals surface area contributed by atoms with Crippen LogP contribution in [0.25, 0.3) is 11.2 Å². The Kier molecular flexibility index (Phi) is 4.52. The largest absolute Gasteiger partial charge is 0.338 e. The van der Waals surface area contributed by atoms with E-state index >= 15 is 0 Å². The number of fused-ring (bicyclic) bond motifs is 3. The van der Waals surface area contributed by atoms with Crippen molar-refractivity contribution < 1.29 is 0 Å². The van der Waals surface area contributed by atoms with Crippen LogP contribution in [0.5, 0.6) is 0 Å². The van der Waals surface area contributed by atoms with E-state index < -0.39 is 0 Å². The van der Waals surface area contributed by atoms with Crippen LogP contribution in [-0.2, 0) is 27.2 Å². The molecule has 142 valence electrons. The highest BCUT2D eigenvalue weighted by atomic mass is 35.5. The van der Waals surface area contributed by atoms with Gasteiger partial charge in [-0.25, -0.2) is 4.79 Å². The molecule has 0 N–H and O–H groups in total. The summed E-state index contributed by atoms with van der Waals surface area (Å²) in [6.07, 6.45) is 1.90. The van der Waals surface area contributed by atoms with E-state index in [0.717, 1.165) is 29.5 Å². The van der Waals surface area contributed by atoms with Gasteiger partial charge in [-0.15, -0.1) is 0 Å². The van der Waals surface area contributed by atoms with Crippen LogP contribution >= 0.6 is 23.2 Å². The minimum Gasteiger partial charge on any atom is -0.338 e. The highest BCUT2D eigenvalue weighted by molar-refractivity contribution is 6.35. The third-order valence-corrected chi connectivity index (χ3v) is 5.63. The molecule has 0 atom stereocenters. The number of imidazole rings is 1. The standard InChI is InChI=1S/C18H19Cl2N5O2/c1-22-15-14(16(26)23(2)18(22)27)25-8-4-3-7-24(17(25)21-15)10-11-5-6-12(19)9-13(11)20/h5-6,9H,3-4,7-8,10H2,1-2H3. The molecule has 0 aliphatic carbocycles. The van der Waals surface area contributed by atoms with Crippen LogP contribution < -0.4 is 16.1 Å². The zero-order valence-corrected chi connectivity index (χ0v) is 16.6. The fourth-order valence-corrected chi connectivity index (χ4v) is 4.03. The summed E-state index contributed by atoms with van der Waals surface area (Å²) in [5.74, 6) is 0.687. The van der Waals surface area contributed by atoms with E-state index in [0.29, 0.717) is 40.2 Å². The summed E-state index contributed by atoms with van der Waals surface area (Å²) in [5.41, 5.74) is 1.10. The third-order valence-electron chi connectivity index (χ3n) is 5.05. The van der Waals surface area contributed by atoms with E-state index in [1.165, 1.54) is 11.6 Å². The Hall–Kier alpha value is -2.25. The molecule has 3 aromatic rings. The van der Waals surface area contributed by atoms with Crippen LogP contribution in [0, 0.1) is 0 Å². The number of aryl methyl sites for hydroxylation is 2. The molecule has 1 aliphatic rings. The van der Waals surface area contributed by atoms with Crippen LogP contribution in [0.1, 0.15) is 18.4 Å². The maximum absolute atomic E-state index is 12.7. The van der Waals surface area contributed by atoms with Gasteiger partial charge >= 0.3 is 5.69 Å². The molecular formula is C18H19Cl2N5O2. The van der Waals surface area contributed by atoms with Crippen molar-refractivity contribution in [1.29, 1.82) is 0 Å². The monoisotopic (exact) mass is 407 g/mol. The minimum atomic E-state index is -0.381. The molecule has 0 radical (unpaired) electrons. The molecule has 0 fully saturated rings. The molecule has 0 amide bonds. The molecule has 1 aliphatic heterocycles. The number of hydrogen-bond donors (Lipinski definition) is 0. The Morgan fingerprint density at radius 1 is 1.07 bits per heavy atom. The average molecular weight is 408 g/mol. The lowest BCUT2D eigenvalue weighted by Crippen LogP contribution is -2.37. The molecule has 0 unspecified atom stereocenters. The number of aromatic nitrogens is 4. The first-order valence-electron chi connectivity index (χ1n) is 8.73. The highest BCUT2D eigenvalue weighted by Gasteiger charge is 2.24. The lowest BCUT2D eigenvalue weighted by atomic mass is 10.2. The van der Waals surface area contributed by atoms with Crippen molar-refractivity contribution in [3.05, 3.63) is 54.6 Å².